The summed E-state index contributed by atoms with van der Waals surface area (Å²) in [6, 6.07) is 9.77. The van der Waals surface area contributed by atoms with Gasteiger partial charge in [-0.2, -0.15) is 0 Å². The number of rotatable bonds is 5. The van der Waals surface area contributed by atoms with Crippen LogP contribution in [0.3, 0.4) is 0 Å². The summed E-state index contributed by atoms with van der Waals surface area (Å²) in [7, 11) is -2.96. The molecule has 2 rings (SSSR count). The zero-order valence-corrected chi connectivity index (χ0v) is 13.5. The van der Waals surface area contributed by atoms with Crippen molar-refractivity contribution in [2.75, 3.05) is 18.1 Å². The molecule has 21 heavy (non-hydrogen) atoms. The van der Waals surface area contributed by atoms with Crippen LogP contribution in [0.5, 0.6) is 0 Å². The minimum atomic E-state index is -2.96. The molecule has 1 heterocycles. The van der Waals surface area contributed by atoms with Crippen molar-refractivity contribution in [3.63, 3.8) is 0 Å². The van der Waals surface area contributed by atoms with Crippen LogP contribution in [0.25, 0.3) is 0 Å². The van der Waals surface area contributed by atoms with Gasteiger partial charge in [0.05, 0.1) is 11.5 Å². The number of carbonyl (C=O) groups excluding carboxylic acids is 1. The van der Waals surface area contributed by atoms with Crippen molar-refractivity contribution in [2.24, 2.45) is 5.92 Å². The Bertz CT molecular complexity index is 583. The van der Waals surface area contributed by atoms with E-state index in [1.165, 1.54) is 0 Å². The molecule has 5 heteroatoms. The van der Waals surface area contributed by atoms with Gasteiger partial charge in [0.25, 0.3) is 0 Å². The van der Waals surface area contributed by atoms with Crippen molar-refractivity contribution in [2.45, 2.75) is 32.7 Å². The smallest absolute Gasteiger partial charge is 0.226 e. The molecule has 4 nitrogen and oxygen atoms in total. The molecule has 2 unspecified atom stereocenters. The van der Waals surface area contributed by atoms with Crippen LogP contribution < -0.4 is 0 Å². The molecular formula is C16H23NO3S. The Hall–Kier alpha value is -1.36. The van der Waals surface area contributed by atoms with Crippen molar-refractivity contribution in [3.8, 4) is 0 Å². The second kappa shape index (κ2) is 6.60. The molecule has 1 amide bonds. The van der Waals surface area contributed by atoms with E-state index < -0.39 is 9.84 Å². The predicted octanol–water partition coefficient (Wildman–Crippen LogP) is 1.90. The van der Waals surface area contributed by atoms with Crippen LogP contribution in [0.15, 0.2) is 30.3 Å². The molecule has 1 aromatic rings. The molecule has 1 aliphatic rings. The monoisotopic (exact) mass is 309 g/mol. The maximum absolute atomic E-state index is 12.6. The molecule has 0 radical (unpaired) electrons. The molecule has 1 aromatic carbocycles. The molecule has 2 atom stereocenters. The minimum Gasteiger partial charge on any atom is -0.339 e. The summed E-state index contributed by atoms with van der Waals surface area (Å²) in [4.78, 5) is 14.4. The summed E-state index contributed by atoms with van der Waals surface area (Å²) < 4.78 is 23.2. The Morgan fingerprint density at radius 3 is 2.52 bits per heavy atom. The van der Waals surface area contributed by atoms with E-state index >= 15 is 0 Å². The lowest BCUT2D eigenvalue weighted by Crippen LogP contribution is -2.44. The van der Waals surface area contributed by atoms with Gasteiger partial charge < -0.3 is 4.90 Å². The van der Waals surface area contributed by atoms with Gasteiger partial charge in [-0.1, -0.05) is 37.3 Å². The van der Waals surface area contributed by atoms with Crippen molar-refractivity contribution in [1.29, 1.82) is 0 Å². The van der Waals surface area contributed by atoms with Crippen LogP contribution in [0.1, 0.15) is 25.8 Å². The van der Waals surface area contributed by atoms with E-state index in [1.807, 2.05) is 44.2 Å². The van der Waals surface area contributed by atoms with E-state index in [0.717, 1.165) is 5.56 Å². The van der Waals surface area contributed by atoms with Gasteiger partial charge in [-0.15, -0.1) is 0 Å². The first-order valence-corrected chi connectivity index (χ1v) is 9.30. The average molecular weight is 309 g/mol. The van der Waals surface area contributed by atoms with E-state index in [2.05, 4.69) is 0 Å². The van der Waals surface area contributed by atoms with Crippen LogP contribution in [-0.4, -0.2) is 43.3 Å². The SMILES string of the molecule is CCN(C(=O)C(C)Cc1ccccc1)C1CCS(=O)(=O)C1. The number of amides is 1. The molecule has 0 aliphatic carbocycles. The summed E-state index contributed by atoms with van der Waals surface area (Å²) in [5.41, 5.74) is 1.13. The number of nitrogens with zero attached hydrogens (tertiary/aromatic N) is 1. The third kappa shape index (κ3) is 4.06. The summed E-state index contributed by atoms with van der Waals surface area (Å²) in [6.07, 6.45) is 1.26. The van der Waals surface area contributed by atoms with Crippen LogP contribution in [0.2, 0.25) is 0 Å². The summed E-state index contributed by atoms with van der Waals surface area (Å²) in [6.45, 7) is 4.40. The van der Waals surface area contributed by atoms with Gasteiger partial charge >= 0.3 is 0 Å². The first kappa shape index (κ1) is 16.0. The number of sulfone groups is 1. The maximum Gasteiger partial charge on any atom is 0.226 e. The molecule has 116 valence electrons. The Morgan fingerprint density at radius 2 is 2.00 bits per heavy atom. The second-order valence-corrected chi connectivity index (χ2v) is 8.00. The molecule has 0 bridgehead atoms. The van der Waals surface area contributed by atoms with Crippen LogP contribution >= 0.6 is 0 Å². The summed E-state index contributed by atoms with van der Waals surface area (Å²) >= 11 is 0. The zero-order valence-electron chi connectivity index (χ0n) is 12.7. The standard InChI is InChI=1S/C16H23NO3S/c1-3-17(15-9-10-21(19,20)12-15)16(18)13(2)11-14-7-5-4-6-8-14/h4-8,13,15H,3,9-12H2,1-2H3. The number of benzene rings is 1. The van der Waals surface area contributed by atoms with E-state index in [4.69, 9.17) is 0 Å². The normalized spacial score (nSPS) is 21.9. The van der Waals surface area contributed by atoms with E-state index in [-0.39, 0.29) is 29.4 Å². The predicted molar refractivity (Wildman–Crippen MR) is 83.8 cm³/mol. The highest BCUT2D eigenvalue weighted by Gasteiger charge is 2.35. The zero-order chi connectivity index (χ0) is 15.5. The lowest BCUT2D eigenvalue weighted by atomic mass is 9.99. The van der Waals surface area contributed by atoms with Gasteiger partial charge in [0.2, 0.25) is 5.91 Å². The summed E-state index contributed by atoms with van der Waals surface area (Å²) in [5, 5.41) is 0. The van der Waals surface area contributed by atoms with Crippen molar-refractivity contribution < 1.29 is 13.2 Å². The first-order valence-electron chi connectivity index (χ1n) is 7.47. The van der Waals surface area contributed by atoms with Gasteiger partial charge in [-0.05, 0) is 25.3 Å². The van der Waals surface area contributed by atoms with Crippen LogP contribution in [0.4, 0.5) is 0 Å². The van der Waals surface area contributed by atoms with Crippen LogP contribution in [-0.2, 0) is 21.1 Å². The first-order chi connectivity index (χ1) is 9.93. The quantitative estimate of drug-likeness (QED) is 0.835. The fraction of sp³-hybridized carbons (Fsp3) is 0.562. The molecule has 0 saturated carbocycles. The third-order valence-electron chi connectivity index (χ3n) is 4.08. The van der Waals surface area contributed by atoms with Crippen molar-refractivity contribution in [3.05, 3.63) is 35.9 Å². The maximum atomic E-state index is 12.6. The van der Waals surface area contributed by atoms with Gasteiger partial charge in [0, 0.05) is 18.5 Å². The Kier molecular flexibility index (Phi) is 5.04. The highest BCUT2D eigenvalue weighted by atomic mass is 32.2. The van der Waals surface area contributed by atoms with Gasteiger partial charge in [-0.3, -0.25) is 4.79 Å². The molecule has 1 aliphatic heterocycles. The molecule has 1 saturated heterocycles. The van der Waals surface area contributed by atoms with Crippen molar-refractivity contribution >= 4 is 15.7 Å². The Morgan fingerprint density at radius 1 is 1.33 bits per heavy atom. The van der Waals surface area contributed by atoms with E-state index in [0.29, 0.717) is 19.4 Å². The lowest BCUT2D eigenvalue weighted by molar-refractivity contribution is -0.136. The topological polar surface area (TPSA) is 54.5 Å². The Balaban J connectivity index is 2.03. The number of hydrogen-bond acceptors (Lipinski definition) is 3. The average Bonchev–Trinajstić information content (AvgIpc) is 2.80. The Labute approximate surface area is 127 Å². The fourth-order valence-electron chi connectivity index (χ4n) is 2.95. The lowest BCUT2D eigenvalue weighted by Gasteiger charge is -2.29. The molecule has 1 fully saturated rings. The van der Waals surface area contributed by atoms with E-state index in [9.17, 15) is 13.2 Å². The second-order valence-electron chi connectivity index (χ2n) is 5.77. The number of hydrogen-bond donors (Lipinski definition) is 0. The minimum absolute atomic E-state index is 0.0588. The van der Waals surface area contributed by atoms with Gasteiger partial charge in [0.1, 0.15) is 0 Å². The van der Waals surface area contributed by atoms with Crippen molar-refractivity contribution in [1.82, 2.24) is 4.90 Å². The molecule has 0 aromatic heterocycles. The van der Waals surface area contributed by atoms with Gasteiger partial charge in [0.15, 0.2) is 9.84 Å². The molecular weight excluding hydrogens is 286 g/mol. The van der Waals surface area contributed by atoms with Gasteiger partial charge in [-0.25, -0.2) is 8.42 Å². The molecule has 0 N–H and O–H groups in total. The number of carbonyl (C=O) groups is 1. The third-order valence-corrected chi connectivity index (χ3v) is 5.83. The summed E-state index contributed by atoms with van der Waals surface area (Å²) in [5.74, 6) is 0.248. The van der Waals surface area contributed by atoms with E-state index in [1.54, 1.807) is 4.90 Å². The largest absolute Gasteiger partial charge is 0.339 e. The highest BCUT2D eigenvalue weighted by Crippen LogP contribution is 2.21. The van der Waals surface area contributed by atoms with Crippen LogP contribution in [0, 0.1) is 5.92 Å². The fourth-order valence-corrected chi connectivity index (χ4v) is 4.68. The highest BCUT2D eigenvalue weighted by molar-refractivity contribution is 7.91. The molecule has 0 spiro atoms.